The average molecular weight is 336 g/mol. The third-order valence-electron chi connectivity index (χ3n) is 4.01. The van der Waals surface area contributed by atoms with Gasteiger partial charge in [0.1, 0.15) is 6.10 Å². The molecule has 0 aromatic carbocycles. The summed E-state index contributed by atoms with van der Waals surface area (Å²) >= 11 is 0. The predicted molar refractivity (Wildman–Crippen MR) is 84.6 cm³/mol. The number of carbonyl (C=O) groups excluding carboxylic acids is 2. The monoisotopic (exact) mass is 336 g/mol. The Kier molecular flexibility index (Phi) is 6.89. The van der Waals surface area contributed by atoms with Crippen molar-refractivity contribution in [3.05, 3.63) is 18.0 Å². The molecule has 0 radical (unpaired) electrons. The van der Waals surface area contributed by atoms with E-state index in [2.05, 4.69) is 27.2 Å². The molecule has 0 amide bonds. The molecule has 1 heterocycles. The maximum Gasteiger partial charge on any atom is 0.334 e. The highest BCUT2D eigenvalue weighted by Crippen LogP contribution is 2.21. The van der Waals surface area contributed by atoms with Crippen LogP contribution in [0.5, 0.6) is 0 Å². The predicted octanol–water partition coefficient (Wildman–Crippen LogP) is 2.41. The average Bonchev–Trinajstić information content (AvgIpc) is 3.04. The third kappa shape index (κ3) is 5.75. The molecule has 0 aliphatic heterocycles. The van der Waals surface area contributed by atoms with E-state index >= 15 is 0 Å². The van der Waals surface area contributed by atoms with Gasteiger partial charge in [-0.2, -0.15) is 5.21 Å². The van der Waals surface area contributed by atoms with E-state index in [1.807, 2.05) is 0 Å². The molecule has 0 bridgehead atoms. The quantitative estimate of drug-likeness (QED) is 0.628. The van der Waals surface area contributed by atoms with E-state index in [9.17, 15) is 9.59 Å². The number of nitrogens with one attached hydrogen (secondary N) is 1. The van der Waals surface area contributed by atoms with E-state index in [-0.39, 0.29) is 23.9 Å². The van der Waals surface area contributed by atoms with Gasteiger partial charge in [0.2, 0.25) is 5.82 Å². The molecule has 0 spiro atoms. The van der Waals surface area contributed by atoms with Crippen LogP contribution in [0.15, 0.2) is 12.2 Å². The van der Waals surface area contributed by atoms with Crippen LogP contribution < -0.4 is 0 Å². The molecule has 1 fully saturated rings. The molecule has 8 heteroatoms. The lowest BCUT2D eigenvalue weighted by Gasteiger charge is -2.20. The first kappa shape index (κ1) is 18.1. The third-order valence-corrected chi connectivity index (χ3v) is 4.01. The van der Waals surface area contributed by atoms with Gasteiger partial charge in [0.05, 0.1) is 6.42 Å². The topological polar surface area (TPSA) is 107 Å². The number of aromatic nitrogens is 4. The fourth-order valence-electron chi connectivity index (χ4n) is 2.65. The van der Waals surface area contributed by atoms with Crippen LogP contribution in [0, 0.1) is 0 Å². The van der Waals surface area contributed by atoms with E-state index in [1.165, 1.54) is 19.3 Å². The fourth-order valence-corrected chi connectivity index (χ4v) is 2.65. The summed E-state index contributed by atoms with van der Waals surface area (Å²) in [5, 5.41) is 13.2. The van der Waals surface area contributed by atoms with Gasteiger partial charge in [-0.25, -0.2) is 4.79 Å². The second kappa shape index (κ2) is 9.14. The van der Waals surface area contributed by atoms with E-state index in [4.69, 9.17) is 9.47 Å². The van der Waals surface area contributed by atoms with Crippen LogP contribution in [-0.2, 0) is 19.1 Å². The zero-order chi connectivity index (χ0) is 17.4. The number of ether oxygens (including phenoxy) is 2. The van der Waals surface area contributed by atoms with E-state index in [0.717, 1.165) is 25.7 Å². The first-order chi connectivity index (χ1) is 11.6. The van der Waals surface area contributed by atoms with Gasteiger partial charge in [0.15, 0.2) is 6.10 Å². The van der Waals surface area contributed by atoms with Gasteiger partial charge in [0, 0.05) is 5.57 Å². The summed E-state index contributed by atoms with van der Waals surface area (Å²) in [5.41, 5.74) is 0.0567. The molecule has 24 heavy (non-hydrogen) atoms. The summed E-state index contributed by atoms with van der Waals surface area (Å²) in [6, 6.07) is 0. The highest BCUT2D eigenvalue weighted by molar-refractivity contribution is 5.93. The highest BCUT2D eigenvalue weighted by Gasteiger charge is 2.22. The van der Waals surface area contributed by atoms with Crippen molar-refractivity contribution in [2.45, 2.75) is 70.5 Å². The number of esters is 2. The number of aromatic amines is 1. The first-order valence-electron chi connectivity index (χ1n) is 8.38. The lowest BCUT2D eigenvalue weighted by atomic mass is 9.98. The summed E-state index contributed by atoms with van der Waals surface area (Å²) < 4.78 is 10.6. The minimum Gasteiger partial charge on any atom is -0.462 e. The van der Waals surface area contributed by atoms with Gasteiger partial charge in [0.25, 0.3) is 0 Å². The van der Waals surface area contributed by atoms with Crippen molar-refractivity contribution in [2.75, 3.05) is 0 Å². The Labute approximate surface area is 141 Å². The number of rotatable bonds is 6. The minimum absolute atomic E-state index is 0.0557. The smallest absolute Gasteiger partial charge is 0.334 e. The normalized spacial score (nSPS) is 17.4. The van der Waals surface area contributed by atoms with Gasteiger partial charge in [-0.15, -0.1) is 10.2 Å². The molecule has 8 nitrogen and oxygen atoms in total. The Morgan fingerprint density at radius 3 is 2.54 bits per heavy atom. The Bertz CT molecular complexity index is 550. The molecule has 132 valence electrons. The zero-order valence-electron chi connectivity index (χ0n) is 14.0. The van der Waals surface area contributed by atoms with Gasteiger partial charge in [-0.3, -0.25) is 4.79 Å². The van der Waals surface area contributed by atoms with Gasteiger partial charge in [-0.05, 0) is 32.6 Å². The van der Waals surface area contributed by atoms with Crippen LogP contribution in [0.2, 0.25) is 0 Å². The van der Waals surface area contributed by atoms with Crippen LogP contribution in [0.4, 0.5) is 0 Å². The number of H-pyrrole nitrogens is 1. The number of hydrogen-bond donors (Lipinski definition) is 1. The molecule has 1 aromatic heterocycles. The van der Waals surface area contributed by atoms with Crippen LogP contribution in [0.1, 0.15) is 70.2 Å². The van der Waals surface area contributed by atoms with Crippen LogP contribution in [0.3, 0.4) is 0 Å². The van der Waals surface area contributed by atoms with Crippen molar-refractivity contribution in [1.82, 2.24) is 20.6 Å². The Balaban J connectivity index is 1.75. The number of hydrogen-bond acceptors (Lipinski definition) is 7. The van der Waals surface area contributed by atoms with Gasteiger partial charge >= 0.3 is 11.9 Å². The van der Waals surface area contributed by atoms with Crippen molar-refractivity contribution >= 4 is 11.9 Å². The molecule has 1 aliphatic carbocycles. The molecular formula is C16H24N4O4. The second-order valence-electron chi connectivity index (χ2n) is 6.05. The SMILES string of the molecule is C=C(CC(=O)OC1CCCCCCC1)C(=O)OC(C)c1nn[nH]n1. The number of tetrazole rings is 1. The maximum absolute atomic E-state index is 12.0. The summed E-state index contributed by atoms with van der Waals surface area (Å²) in [6.07, 6.45) is 6.63. The Morgan fingerprint density at radius 2 is 1.92 bits per heavy atom. The molecule has 1 unspecified atom stereocenters. The molecular weight excluding hydrogens is 312 g/mol. The molecule has 0 saturated heterocycles. The van der Waals surface area contributed by atoms with E-state index < -0.39 is 18.0 Å². The zero-order valence-corrected chi connectivity index (χ0v) is 14.0. The lowest BCUT2D eigenvalue weighted by molar-refractivity contribution is -0.152. The number of nitrogens with zero attached hydrogens (tertiary/aromatic N) is 3. The largest absolute Gasteiger partial charge is 0.462 e. The van der Waals surface area contributed by atoms with Crippen LogP contribution in [-0.4, -0.2) is 38.7 Å². The summed E-state index contributed by atoms with van der Waals surface area (Å²) in [7, 11) is 0. The van der Waals surface area contributed by atoms with E-state index in [0.29, 0.717) is 0 Å². The van der Waals surface area contributed by atoms with Gasteiger partial charge in [-0.1, -0.05) is 31.1 Å². The van der Waals surface area contributed by atoms with Crippen molar-refractivity contribution in [3.63, 3.8) is 0 Å². The molecule has 1 aliphatic rings. The van der Waals surface area contributed by atoms with Crippen LogP contribution in [0.25, 0.3) is 0 Å². The standard InChI is InChI=1S/C16H24N4O4/c1-11(16(22)23-12(2)15-17-19-20-18-15)10-14(21)24-13-8-6-4-3-5-7-9-13/h12-13H,1,3-10H2,2H3,(H,17,18,19,20). The van der Waals surface area contributed by atoms with Crippen molar-refractivity contribution in [1.29, 1.82) is 0 Å². The molecule has 1 saturated carbocycles. The number of carbonyl (C=O) groups is 2. The van der Waals surface area contributed by atoms with Crippen molar-refractivity contribution in [2.24, 2.45) is 0 Å². The Morgan fingerprint density at radius 1 is 1.25 bits per heavy atom. The Hall–Kier alpha value is -2.25. The molecule has 1 aromatic rings. The van der Waals surface area contributed by atoms with Gasteiger partial charge < -0.3 is 9.47 Å². The van der Waals surface area contributed by atoms with Crippen LogP contribution >= 0.6 is 0 Å². The maximum atomic E-state index is 12.0. The molecule has 1 atom stereocenters. The molecule has 2 rings (SSSR count). The lowest BCUT2D eigenvalue weighted by Crippen LogP contribution is -2.21. The summed E-state index contributed by atoms with van der Waals surface area (Å²) in [5.74, 6) is -0.843. The highest BCUT2D eigenvalue weighted by atomic mass is 16.6. The van der Waals surface area contributed by atoms with E-state index in [1.54, 1.807) is 6.92 Å². The molecule has 1 N–H and O–H groups in total. The van der Waals surface area contributed by atoms with Crippen molar-refractivity contribution < 1.29 is 19.1 Å². The summed E-state index contributed by atoms with van der Waals surface area (Å²) in [6.45, 7) is 5.23. The fraction of sp³-hybridized carbons (Fsp3) is 0.688. The minimum atomic E-state index is -0.672. The summed E-state index contributed by atoms with van der Waals surface area (Å²) in [4.78, 5) is 24.0. The van der Waals surface area contributed by atoms with Crippen molar-refractivity contribution in [3.8, 4) is 0 Å². The second-order valence-corrected chi connectivity index (χ2v) is 6.05. The first-order valence-corrected chi connectivity index (χ1v) is 8.38.